The number of rotatable bonds is 2. The van der Waals surface area contributed by atoms with Crippen LogP contribution in [-0.2, 0) is 0 Å². The van der Waals surface area contributed by atoms with Gasteiger partial charge in [0.2, 0.25) is 0 Å². The fraction of sp³-hybridized carbons (Fsp3) is 0. The van der Waals surface area contributed by atoms with Gasteiger partial charge in [-0.15, -0.1) is 11.3 Å². The molecule has 0 unspecified atom stereocenters. The molecule has 0 fully saturated rings. The highest BCUT2D eigenvalue weighted by molar-refractivity contribution is 7.21. The van der Waals surface area contributed by atoms with Crippen LogP contribution < -0.4 is 0 Å². The molecule has 0 radical (unpaired) electrons. The maximum Gasteiger partial charge on any atom is 0.124 e. The number of hydrogen-bond acceptors (Lipinski definition) is 2. The molecule has 0 saturated heterocycles. The van der Waals surface area contributed by atoms with Crippen LogP contribution in [0.5, 0.6) is 0 Å². The Labute approximate surface area is 127 Å². The average Bonchev–Trinajstić information content (AvgIpc) is 2.99. The van der Waals surface area contributed by atoms with Crippen molar-refractivity contribution in [3.63, 3.8) is 0 Å². The van der Waals surface area contributed by atoms with E-state index in [1.54, 1.807) is 11.3 Å². The Balaban J connectivity index is 1.82. The Morgan fingerprint density at radius 3 is 2.00 bits per heavy atom. The van der Waals surface area contributed by atoms with Crippen molar-refractivity contribution in [2.45, 2.75) is 0 Å². The van der Waals surface area contributed by atoms with Crippen molar-refractivity contribution in [1.82, 2.24) is 4.98 Å². The van der Waals surface area contributed by atoms with E-state index in [9.17, 15) is 0 Å². The van der Waals surface area contributed by atoms with E-state index < -0.39 is 0 Å². The third-order valence-electron chi connectivity index (χ3n) is 3.52. The van der Waals surface area contributed by atoms with Gasteiger partial charge in [-0.3, -0.25) is 0 Å². The van der Waals surface area contributed by atoms with Crippen LogP contribution in [0.4, 0.5) is 0 Å². The number of nitrogens with zero attached hydrogens (tertiary/aromatic N) is 1. The van der Waals surface area contributed by atoms with Gasteiger partial charge in [0, 0.05) is 5.56 Å². The molecule has 4 aromatic rings. The molecule has 0 saturated carbocycles. The van der Waals surface area contributed by atoms with Crippen LogP contribution in [0.3, 0.4) is 0 Å². The summed E-state index contributed by atoms with van der Waals surface area (Å²) in [6, 6.07) is 27.3. The summed E-state index contributed by atoms with van der Waals surface area (Å²) in [6.07, 6.45) is 0. The summed E-state index contributed by atoms with van der Waals surface area (Å²) in [5.74, 6) is 0. The van der Waals surface area contributed by atoms with Gasteiger partial charge < -0.3 is 0 Å². The van der Waals surface area contributed by atoms with Gasteiger partial charge in [-0.2, -0.15) is 0 Å². The summed E-state index contributed by atoms with van der Waals surface area (Å²) in [7, 11) is 0. The van der Waals surface area contributed by atoms with Crippen LogP contribution in [0.1, 0.15) is 0 Å². The molecule has 0 aliphatic heterocycles. The lowest BCUT2D eigenvalue weighted by Gasteiger charge is -2.00. The molecule has 0 spiro atoms. The Bertz CT molecular complexity index is 842. The Hall–Kier alpha value is -2.45. The van der Waals surface area contributed by atoms with E-state index in [1.807, 2.05) is 12.1 Å². The van der Waals surface area contributed by atoms with Gasteiger partial charge in [0.1, 0.15) is 5.01 Å². The number of fused-ring (bicyclic) bond motifs is 1. The minimum atomic E-state index is 1.07. The van der Waals surface area contributed by atoms with Crippen molar-refractivity contribution in [2.24, 2.45) is 0 Å². The van der Waals surface area contributed by atoms with Crippen molar-refractivity contribution < 1.29 is 0 Å². The van der Waals surface area contributed by atoms with E-state index in [2.05, 4.69) is 66.7 Å². The van der Waals surface area contributed by atoms with Crippen molar-refractivity contribution in [1.29, 1.82) is 0 Å². The summed E-state index contributed by atoms with van der Waals surface area (Å²) < 4.78 is 1.23. The first kappa shape index (κ1) is 12.3. The molecular weight excluding hydrogens is 274 g/mol. The summed E-state index contributed by atoms with van der Waals surface area (Å²) in [5.41, 5.74) is 4.74. The Morgan fingerprint density at radius 2 is 1.29 bits per heavy atom. The maximum atomic E-state index is 4.74. The van der Waals surface area contributed by atoms with Gasteiger partial charge in [-0.05, 0) is 23.3 Å². The molecule has 1 nitrogen and oxygen atoms in total. The Kier molecular flexibility index (Phi) is 3.02. The molecular formula is C19H13NS. The summed E-state index contributed by atoms with van der Waals surface area (Å²) in [6.45, 7) is 0. The van der Waals surface area contributed by atoms with E-state index in [0.29, 0.717) is 0 Å². The van der Waals surface area contributed by atoms with Gasteiger partial charge in [-0.25, -0.2) is 4.98 Å². The maximum absolute atomic E-state index is 4.74. The molecule has 21 heavy (non-hydrogen) atoms. The lowest BCUT2D eigenvalue weighted by Crippen LogP contribution is -1.76. The second-order valence-corrected chi connectivity index (χ2v) is 5.96. The molecule has 0 aliphatic carbocycles. The summed E-state index contributed by atoms with van der Waals surface area (Å²) >= 11 is 1.75. The van der Waals surface area contributed by atoms with Crippen LogP contribution >= 0.6 is 11.3 Å². The van der Waals surface area contributed by atoms with Crippen LogP contribution in [0.15, 0.2) is 78.9 Å². The minimum Gasteiger partial charge on any atom is -0.236 e. The Morgan fingerprint density at radius 1 is 0.619 bits per heavy atom. The van der Waals surface area contributed by atoms with E-state index >= 15 is 0 Å². The third-order valence-corrected chi connectivity index (χ3v) is 4.58. The first-order valence-electron chi connectivity index (χ1n) is 6.91. The highest BCUT2D eigenvalue weighted by Gasteiger charge is 2.07. The van der Waals surface area contributed by atoms with E-state index in [-0.39, 0.29) is 0 Å². The molecule has 1 aromatic heterocycles. The molecule has 3 aromatic carbocycles. The number of benzene rings is 3. The fourth-order valence-corrected chi connectivity index (χ4v) is 3.45. The van der Waals surface area contributed by atoms with Crippen LogP contribution in [-0.4, -0.2) is 4.98 Å². The second-order valence-electron chi connectivity index (χ2n) is 4.93. The van der Waals surface area contributed by atoms with Crippen molar-refractivity contribution >= 4 is 21.6 Å². The monoisotopic (exact) mass is 287 g/mol. The van der Waals surface area contributed by atoms with Crippen molar-refractivity contribution in [3.05, 3.63) is 78.9 Å². The standard InChI is InChI=1S/C19H13NS/c1-3-7-14(8-4-1)16-11-12-17-18(13-16)21-19(20-17)15-9-5-2-6-10-15/h1-13H. The minimum absolute atomic E-state index is 1.07. The molecule has 0 bridgehead atoms. The molecule has 4 rings (SSSR count). The SMILES string of the molecule is c1ccc(-c2ccc3nc(-c4ccccc4)sc3c2)cc1. The average molecular weight is 287 g/mol. The predicted molar refractivity (Wildman–Crippen MR) is 90.5 cm³/mol. The zero-order chi connectivity index (χ0) is 14.1. The number of thiazole rings is 1. The van der Waals surface area contributed by atoms with Gasteiger partial charge in [0.15, 0.2) is 0 Å². The molecule has 2 heteroatoms. The number of hydrogen-bond donors (Lipinski definition) is 0. The van der Waals surface area contributed by atoms with Gasteiger partial charge in [0.25, 0.3) is 0 Å². The molecule has 100 valence electrons. The van der Waals surface area contributed by atoms with Gasteiger partial charge in [-0.1, -0.05) is 66.7 Å². The second kappa shape index (κ2) is 5.15. The van der Waals surface area contributed by atoms with Crippen LogP contribution in [0.2, 0.25) is 0 Å². The van der Waals surface area contributed by atoms with E-state index in [4.69, 9.17) is 4.98 Å². The topological polar surface area (TPSA) is 12.9 Å². The lowest BCUT2D eigenvalue weighted by molar-refractivity contribution is 1.48. The van der Waals surface area contributed by atoms with Crippen LogP contribution in [0.25, 0.3) is 31.9 Å². The molecule has 0 aliphatic rings. The first-order valence-corrected chi connectivity index (χ1v) is 7.73. The molecule has 0 N–H and O–H groups in total. The van der Waals surface area contributed by atoms with Crippen molar-refractivity contribution in [2.75, 3.05) is 0 Å². The highest BCUT2D eigenvalue weighted by atomic mass is 32.1. The zero-order valence-corrected chi connectivity index (χ0v) is 12.2. The highest BCUT2D eigenvalue weighted by Crippen LogP contribution is 2.32. The first-order chi connectivity index (χ1) is 10.4. The summed E-state index contributed by atoms with van der Waals surface area (Å²) in [5, 5.41) is 1.08. The third kappa shape index (κ3) is 2.34. The predicted octanol–water partition coefficient (Wildman–Crippen LogP) is 5.63. The lowest BCUT2D eigenvalue weighted by atomic mass is 10.1. The fourth-order valence-electron chi connectivity index (χ4n) is 2.44. The molecule has 0 amide bonds. The molecule has 0 atom stereocenters. The van der Waals surface area contributed by atoms with Crippen LogP contribution in [0, 0.1) is 0 Å². The molecule has 1 heterocycles. The zero-order valence-electron chi connectivity index (χ0n) is 11.4. The normalized spacial score (nSPS) is 10.9. The smallest absolute Gasteiger partial charge is 0.124 e. The van der Waals surface area contributed by atoms with Gasteiger partial charge >= 0.3 is 0 Å². The largest absolute Gasteiger partial charge is 0.236 e. The summed E-state index contributed by atoms with van der Waals surface area (Å²) in [4.78, 5) is 4.74. The van der Waals surface area contributed by atoms with E-state index in [1.165, 1.54) is 21.4 Å². The number of aromatic nitrogens is 1. The van der Waals surface area contributed by atoms with Gasteiger partial charge in [0.05, 0.1) is 10.2 Å². The van der Waals surface area contributed by atoms with E-state index in [0.717, 1.165) is 10.5 Å². The van der Waals surface area contributed by atoms with Crippen molar-refractivity contribution in [3.8, 4) is 21.7 Å². The quantitative estimate of drug-likeness (QED) is 0.465.